The van der Waals surface area contributed by atoms with Crippen LogP contribution in [0.15, 0.2) is 10.7 Å². The van der Waals surface area contributed by atoms with Crippen LogP contribution in [0.25, 0.3) is 0 Å². The van der Waals surface area contributed by atoms with Crippen LogP contribution in [0, 0.1) is 0 Å². The molecule has 90 valence electrons. The first-order chi connectivity index (χ1) is 5.51. The van der Waals surface area contributed by atoms with Gasteiger partial charge in [0, 0.05) is 0 Å². The summed E-state index contributed by atoms with van der Waals surface area (Å²) in [5.74, 6) is 0. The molecule has 0 saturated heterocycles. The van der Waals surface area contributed by atoms with Gasteiger partial charge in [0.2, 0.25) is 0 Å². The minimum absolute atomic E-state index is 0.455. The van der Waals surface area contributed by atoms with E-state index in [1.165, 1.54) is 0 Å². The number of alkyl halides is 4. The summed E-state index contributed by atoms with van der Waals surface area (Å²) in [6, 6.07) is 0. The van der Waals surface area contributed by atoms with Gasteiger partial charge in [0.05, 0.1) is 0 Å². The van der Waals surface area contributed by atoms with Crippen molar-refractivity contribution in [2.24, 2.45) is 0 Å². The van der Waals surface area contributed by atoms with Crippen molar-refractivity contribution in [3.63, 3.8) is 0 Å². The molecular weight excluding hydrogens is 414 g/mol. The molecule has 11 heteroatoms. The fourth-order valence-electron chi connectivity index (χ4n) is 0.0875. The SMILES string of the molecule is C=C[I+]C(Cl)(Cl)Cl.F[P-](F)(F)(F)(F)F. The van der Waals surface area contributed by atoms with E-state index in [0.717, 1.165) is 0 Å². The predicted molar refractivity (Wildman–Crippen MR) is 44.1 cm³/mol. The van der Waals surface area contributed by atoms with E-state index in [1.54, 1.807) is 4.08 Å². The van der Waals surface area contributed by atoms with Gasteiger partial charge in [-0.2, -0.15) is 0 Å². The zero-order valence-electron chi connectivity index (χ0n) is 6.01. The Kier molecular flexibility index (Phi) is 5.46. The third-order valence-electron chi connectivity index (χ3n) is 0.201. The Labute approximate surface area is 101 Å². The van der Waals surface area contributed by atoms with E-state index in [1.807, 2.05) is 0 Å². The summed E-state index contributed by atoms with van der Waals surface area (Å²) in [5, 5.41) is 0. The molecule has 0 aliphatic carbocycles. The van der Waals surface area contributed by atoms with Crippen LogP contribution in [0.5, 0.6) is 0 Å². The Balaban J connectivity index is 0. The van der Waals surface area contributed by atoms with Crippen molar-refractivity contribution in [3.8, 4) is 0 Å². The van der Waals surface area contributed by atoms with Gasteiger partial charge in [-0.15, -0.1) is 0 Å². The van der Waals surface area contributed by atoms with Gasteiger partial charge in [0.1, 0.15) is 0 Å². The molecule has 0 aromatic carbocycles. The third kappa shape index (κ3) is 71.1. The van der Waals surface area contributed by atoms with Crippen LogP contribution in [0.2, 0.25) is 0 Å². The molecule has 0 atom stereocenters. The summed E-state index contributed by atoms with van der Waals surface area (Å²) in [5.41, 5.74) is 0. The third-order valence-corrected chi connectivity index (χ3v) is 3.01. The summed E-state index contributed by atoms with van der Waals surface area (Å²) in [6.07, 6.45) is 0. The van der Waals surface area contributed by atoms with Gasteiger partial charge in [0.15, 0.2) is 4.08 Å². The van der Waals surface area contributed by atoms with Gasteiger partial charge in [-0.25, -0.2) is 0 Å². The van der Waals surface area contributed by atoms with Gasteiger partial charge in [-0.3, -0.25) is 0 Å². The molecule has 0 unspecified atom stereocenters. The molecule has 0 rings (SSSR count). The first-order valence-corrected chi connectivity index (χ1v) is 7.88. The molecule has 0 spiro atoms. The van der Waals surface area contributed by atoms with Crippen molar-refractivity contribution >= 4 is 42.6 Å². The van der Waals surface area contributed by atoms with Gasteiger partial charge in [0.25, 0.3) is 0 Å². The number of hydrogen-bond donors (Lipinski definition) is 0. The van der Waals surface area contributed by atoms with E-state index < -0.39 is 30.8 Å². The monoisotopic (exact) mass is 416 g/mol. The molecule has 0 aromatic rings. The van der Waals surface area contributed by atoms with Gasteiger partial charge in [-0.05, 0) is 34.8 Å². The van der Waals surface area contributed by atoms with E-state index in [2.05, 4.69) is 6.58 Å². The first kappa shape index (κ1) is 17.7. The zero-order valence-corrected chi connectivity index (χ0v) is 11.3. The van der Waals surface area contributed by atoms with E-state index in [4.69, 9.17) is 34.8 Å². The van der Waals surface area contributed by atoms with E-state index >= 15 is 0 Å². The van der Waals surface area contributed by atoms with Crippen LogP contribution in [-0.4, -0.2) is 1.80 Å². The second-order valence-electron chi connectivity index (χ2n) is 1.65. The Morgan fingerprint density at radius 2 is 1.21 bits per heavy atom. The fraction of sp³-hybridized carbons (Fsp3) is 0.333. The normalized spacial score (nSPS) is 17.2. The second kappa shape index (κ2) is 4.31. The molecule has 0 nitrogen and oxygen atoms in total. The van der Waals surface area contributed by atoms with Crippen molar-refractivity contribution in [3.05, 3.63) is 10.7 Å². The number of halogens is 10. The van der Waals surface area contributed by atoms with Crippen molar-refractivity contribution in [1.29, 1.82) is 0 Å². The van der Waals surface area contributed by atoms with E-state index in [-0.39, 0.29) is 0 Å². The van der Waals surface area contributed by atoms with Crippen LogP contribution in [0.4, 0.5) is 25.2 Å². The molecule has 0 aliphatic heterocycles. The van der Waals surface area contributed by atoms with E-state index in [0.29, 0.717) is 0 Å². The van der Waals surface area contributed by atoms with Crippen LogP contribution < -0.4 is 21.2 Å². The summed E-state index contributed by atoms with van der Waals surface area (Å²) in [4.78, 5) is 0. The molecule has 0 saturated carbocycles. The molecule has 0 bridgehead atoms. The molecule has 0 aliphatic rings. The van der Waals surface area contributed by atoms with Crippen LogP contribution in [-0.2, 0) is 0 Å². The molecule has 0 radical (unpaired) electrons. The Bertz CT molecular complexity index is 190. The quantitative estimate of drug-likeness (QED) is 0.267. The summed E-state index contributed by atoms with van der Waals surface area (Å²) in [7, 11) is -10.7. The Morgan fingerprint density at radius 1 is 1.00 bits per heavy atom. The van der Waals surface area contributed by atoms with Gasteiger partial charge < -0.3 is 0 Å². The van der Waals surface area contributed by atoms with Crippen molar-refractivity contribution in [2.75, 3.05) is 0 Å². The van der Waals surface area contributed by atoms with Crippen LogP contribution in [0.1, 0.15) is 0 Å². The Morgan fingerprint density at radius 3 is 1.21 bits per heavy atom. The Hall–Kier alpha value is 1.35. The average molecular weight is 417 g/mol. The minimum atomic E-state index is -10.7. The first-order valence-electron chi connectivity index (χ1n) is 2.40. The molecule has 0 heterocycles. The van der Waals surface area contributed by atoms with Crippen molar-refractivity contribution in [1.82, 2.24) is 0 Å². The maximum atomic E-state index is 9.87. The predicted octanol–water partition coefficient (Wildman–Crippen LogP) is 2.93. The molecule has 0 aromatic heterocycles. The molecule has 14 heavy (non-hydrogen) atoms. The average Bonchev–Trinajstić information content (AvgIpc) is 1.48. The van der Waals surface area contributed by atoms with Gasteiger partial charge >= 0.3 is 56.0 Å². The molecule has 0 N–H and O–H groups in total. The van der Waals surface area contributed by atoms with Crippen LogP contribution >= 0.6 is 42.6 Å². The second-order valence-corrected chi connectivity index (χ2v) is 10.9. The van der Waals surface area contributed by atoms with Crippen molar-refractivity contribution in [2.45, 2.75) is 1.80 Å². The maximum absolute atomic E-state index is 10.7. The summed E-state index contributed by atoms with van der Waals surface area (Å²) >= 11 is 15.6. The summed E-state index contributed by atoms with van der Waals surface area (Å²) < 4.78 is 59.8. The van der Waals surface area contributed by atoms with Crippen molar-refractivity contribution < 1.29 is 46.4 Å². The van der Waals surface area contributed by atoms with E-state index in [9.17, 15) is 25.2 Å². The number of hydrogen-bond acceptors (Lipinski definition) is 0. The standard InChI is InChI=1S/C3H3Cl3I.F6P/c1-2-7-3(4,5)6;1-7(2,3,4,5)6/h2H,1H2;/q+1;-1. The summed E-state index contributed by atoms with van der Waals surface area (Å²) in [6.45, 7) is 3.44. The molecule has 0 fully saturated rings. The molecular formula is C3H3Cl3F6IP. The number of rotatable bonds is 1. The van der Waals surface area contributed by atoms with Gasteiger partial charge in [-0.1, -0.05) is 6.58 Å². The molecule has 0 amide bonds. The zero-order chi connectivity index (χ0) is 12.3. The topological polar surface area (TPSA) is 0 Å². The fourth-order valence-corrected chi connectivity index (χ4v) is 1.76. The van der Waals surface area contributed by atoms with Crippen LogP contribution in [0.3, 0.4) is 0 Å².